The lowest BCUT2D eigenvalue weighted by Crippen LogP contribution is -2.49. The molecule has 0 radical (unpaired) electrons. The second-order valence-corrected chi connectivity index (χ2v) is 4.93. The molecule has 0 aromatic heterocycles. The van der Waals surface area contributed by atoms with Crippen molar-refractivity contribution < 1.29 is 30.7 Å². The second-order valence-electron chi connectivity index (χ2n) is 4.93. The Morgan fingerprint density at radius 2 is 1.57 bits per heavy atom. The first-order valence-corrected chi connectivity index (χ1v) is 6.49. The van der Waals surface area contributed by atoms with Gasteiger partial charge in [0.15, 0.2) is 0 Å². The summed E-state index contributed by atoms with van der Waals surface area (Å²) in [5.74, 6) is -1.50. The van der Waals surface area contributed by atoms with Crippen LogP contribution in [0.3, 0.4) is 0 Å². The maximum Gasteiger partial charge on any atom is 0.416 e. The lowest BCUT2D eigenvalue weighted by molar-refractivity contribution is -0.191. The minimum Gasteiger partial charge on any atom is -0.314 e. The number of halogens is 8. The monoisotopic (exact) mass is 366 g/mol. The summed E-state index contributed by atoms with van der Waals surface area (Å²) in [6.07, 6.45) is -10.1. The average Bonchev–Trinajstić information content (AvgIpc) is 2.39. The molecule has 1 atom stereocenters. The van der Waals surface area contributed by atoms with Gasteiger partial charge in [0, 0.05) is 31.7 Å². The van der Waals surface area contributed by atoms with Crippen LogP contribution in [-0.4, -0.2) is 37.3 Å². The highest BCUT2D eigenvalue weighted by molar-refractivity contribution is 5.85. The highest BCUT2D eigenvalue weighted by Gasteiger charge is 2.50. The van der Waals surface area contributed by atoms with Crippen LogP contribution < -0.4 is 5.32 Å². The molecular weight excluding hydrogens is 353 g/mol. The Morgan fingerprint density at radius 1 is 1.00 bits per heavy atom. The molecule has 2 rings (SSSR count). The van der Waals surface area contributed by atoms with Gasteiger partial charge in [-0.15, -0.1) is 12.4 Å². The van der Waals surface area contributed by atoms with E-state index in [1.807, 2.05) is 0 Å². The van der Waals surface area contributed by atoms with Gasteiger partial charge >= 0.3 is 12.4 Å². The molecule has 10 heteroatoms. The van der Waals surface area contributed by atoms with Crippen LogP contribution in [0.15, 0.2) is 18.2 Å². The molecule has 1 heterocycles. The first kappa shape index (κ1) is 20.0. The number of nitrogens with zero attached hydrogens (tertiary/aromatic N) is 1. The third kappa shape index (κ3) is 4.48. The Hall–Kier alpha value is -1.06. The molecule has 1 saturated heterocycles. The summed E-state index contributed by atoms with van der Waals surface area (Å²) in [6.45, 7) is 0.163. The van der Waals surface area contributed by atoms with Crippen molar-refractivity contribution >= 4 is 12.4 Å². The van der Waals surface area contributed by atoms with Gasteiger partial charge < -0.3 is 5.32 Å². The Kier molecular flexibility index (Phi) is 6.28. The smallest absolute Gasteiger partial charge is 0.314 e. The molecule has 0 aliphatic carbocycles. The van der Waals surface area contributed by atoms with E-state index in [-0.39, 0.29) is 38.6 Å². The number of alkyl halides is 6. The number of piperazine rings is 1. The first-order valence-electron chi connectivity index (χ1n) is 6.49. The van der Waals surface area contributed by atoms with E-state index in [1.54, 1.807) is 0 Å². The zero-order chi connectivity index (χ0) is 16.5. The van der Waals surface area contributed by atoms with Crippen molar-refractivity contribution in [2.75, 3.05) is 26.2 Å². The fourth-order valence-corrected chi connectivity index (χ4v) is 2.56. The standard InChI is InChI=1S/C13H13F7N2.ClH/c14-9-3-1-2-8(12(15,16)17)10(9)11(13(18,19)20)22-6-4-21-5-7-22;/h1-3,11,21H,4-7H2;1H/t11-;/m1./s1. The summed E-state index contributed by atoms with van der Waals surface area (Å²) in [5.41, 5.74) is -2.95. The van der Waals surface area contributed by atoms with Crippen LogP contribution in [0, 0.1) is 5.82 Å². The van der Waals surface area contributed by atoms with Gasteiger partial charge in [-0.05, 0) is 12.1 Å². The van der Waals surface area contributed by atoms with Crippen molar-refractivity contribution in [1.29, 1.82) is 0 Å². The Balaban J connectivity index is 0.00000264. The molecule has 0 saturated carbocycles. The zero-order valence-electron chi connectivity index (χ0n) is 11.6. The van der Waals surface area contributed by atoms with Gasteiger partial charge in [-0.25, -0.2) is 4.39 Å². The molecule has 1 aromatic carbocycles. The number of benzene rings is 1. The van der Waals surface area contributed by atoms with Crippen LogP contribution in [0.1, 0.15) is 17.2 Å². The van der Waals surface area contributed by atoms with Crippen molar-refractivity contribution in [2.24, 2.45) is 0 Å². The average molecular weight is 367 g/mol. The molecule has 132 valence electrons. The fourth-order valence-electron chi connectivity index (χ4n) is 2.56. The van der Waals surface area contributed by atoms with Crippen LogP contribution in [-0.2, 0) is 6.18 Å². The highest BCUT2D eigenvalue weighted by atomic mass is 35.5. The van der Waals surface area contributed by atoms with Gasteiger partial charge in [-0.2, -0.15) is 26.3 Å². The van der Waals surface area contributed by atoms with Crippen molar-refractivity contribution in [3.8, 4) is 0 Å². The molecule has 0 unspecified atom stereocenters. The quantitative estimate of drug-likeness (QED) is 0.802. The maximum atomic E-state index is 13.9. The minimum atomic E-state index is -5.06. The maximum absolute atomic E-state index is 13.9. The van der Waals surface area contributed by atoms with Crippen LogP contribution in [0.25, 0.3) is 0 Å². The van der Waals surface area contributed by atoms with E-state index < -0.39 is 35.3 Å². The van der Waals surface area contributed by atoms with Gasteiger partial charge in [0.05, 0.1) is 5.56 Å². The van der Waals surface area contributed by atoms with Crippen LogP contribution in [0.5, 0.6) is 0 Å². The largest absolute Gasteiger partial charge is 0.416 e. The van der Waals surface area contributed by atoms with E-state index in [2.05, 4.69) is 5.32 Å². The molecule has 1 aromatic rings. The topological polar surface area (TPSA) is 15.3 Å². The summed E-state index contributed by atoms with van der Waals surface area (Å²) in [5, 5.41) is 2.81. The van der Waals surface area contributed by atoms with Crippen molar-refractivity contribution in [2.45, 2.75) is 18.4 Å². The van der Waals surface area contributed by atoms with Gasteiger partial charge in [0.25, 0.3) is 0 Å². The Morgan fingerprint density at radius 3 is 2.04 bits per heavy atom. The molecule has 0 spiro atoms. The molecule has 23 heavy (non-hydrogen) atoms. The van der Waals surface area contributed by atoms with Crippen LogP contribution in [0.2, 0.25) is 0 Å². The van der Waals surface area contributed by atoms with Gasteiger partial charge in [0.2, 0.25) is 0 Å². The van der Waals surface area contributed by atoms with Crippen molar-refractivity contribution in [3.63, 3.8) is 0 Å². The third-order valence-corrected chi connectivity index (χ3v) is 3.46. The van der Waals surface area contributed by atoms with Gasteiger partial charge in [-0.3, -0.25) is 4.90 Å². The van der Waals surface area contributed by atoms with E-state index in [4.69, 9.17) is 0 Å². The van der Waals surface area contributed by atoms with E-state index in [9.17, 15) is 30.7 Å². The Labute approximate surface area is 134 Å². The molecule has 2 nitrogen and oxygen atoms in total. The van der Waals surface area contributed by atoms with E-state index in [0.29, 0.717) is 12.1 Å². The number of hydrogen-bond acceptors (Lipinski definition) is 2. The van der Waals surface area contributed by atoms with Gasteiger partial charge in [-0.1, -0.05) is 6.07 Å². The summed E-state index contributed by atoms with van der Waals surface area (Å²) in [4.78, 5) is 0.824. The summed E-state index contributed by atoms with van der Waals surface area (Å²) in [6, 6.07) is -0.773. The molecule has 1 aliphatic heterocycles. The molecule has 1 fully saturated rings. The van der Waals surface area contributed by atoms with Crippen molar-refractivity contribution in [3.05, 3.63) is 35.1 Å². The predicted octanol–water partition coefficient (Wildman–Crippen LogP) is 3.77. The predicted molar refractivity (Wildman–Crippen MR) is 71.9 cm³/mol. The van der Waals surface area contributed by atoms with Crippen LogP contribution >= 0.6 is 12.4 Å². The lowest BCUT2D eigenvalue weighted by Gasteiger charge is -2.37. The molecular formula is C13H14ClF7N2. The first-order chi connectivity index (χ1) is 10.1. The number of rotatable bonds is 2. The summed E-state index contributed by atoms with van der Waals surface area (Å²) < 4.78 is 92.8. The molecule has 0 amide bonds. The van der Waals surface area contributed by atoms with Crippen LogP contribution in [0.4, 0.5) is 30.7 Å². The minimum absolute atomic E-state index is 0. The lowest BCUT2D eigenvalue weighted by atomic mass is 9.96. The fraction of sp³-hybridized carbons (Fsp3) is 0.538. The van der Waals surface area contributed by atoms with Gasteiger partial charge in [0.1, 0.15) is 11.9 Å². The summed E-state index contributed by atoms with van der Waals surface area (Å²) >= 11 is 0. The molecule has 1 N–H and O–H groups in total. The van der Waals surface area contributed by atoms with E-state index >= 15 is 0 Å². The SMILES string of the molecule is Cl.Fc1cccc(C(F)(F)F)c1[C@@H](N1CCNCC1)C(F)(F)F. The third-order valence-electron chi connectivity index (χ3n) is 3.46. The highest BCUT2D eigenvalue weighted by Crippen LogP contribution is 2.44. The van der Waals surface area contributed by atoms with E-state index in [1.165, 1.54) is 0 Å². The second kappa shape index (κ2) is 7.23. The zero-order valence-corrected chi connectivity index (χ0v) is 12.5. The molecule has 1 aliphatic rings. The van der Waals surface area contributed by atoms with E-state index in [0.717, 1.165) is 11.0 Å². The summed E-state index contributed by atoms with van der Waals surface area (Å²) in [7, 11) is 0. The van der Waals surface area contributed by atoms with Crippen molar-refractivity contribution in [1.82, 2.24) is 10.2 Å². The Bertz CT molecular complexity index is 524. The number of nitrogens with one attached hydrogen (secondary N) is 1. The normalized spacial score (nSPS) is 18.4. The number of hydrogen-bond donors (Lipinski definition) is 1. The molecule has 0 bridgehead atoms.